The Hall–Kier alpha value is -0.410. The summed E-state index contributed by atoms with van der Waals surface area (Å²) in [7, 11) is 1.70. The number of methoxy groups -OCH3 is 1. The Labute approximate surface area is 81.1 Å². The molecule has 1 rings (SSSR count). The number of aryl methyl sites for hydroxylation is 1. The van der Waals surface area contributed by atoms with E-state index in [0.717, 1.165) is 28.9 Å². The molecule has 0 aromatic carbocycles. The average molecular weight is 230 g/mol. The van der Waals surface area contributed by atoms with Gasteiger partial charge in [-0.1, -0.05) is 0 Å². The number of nitrogens with zero attached hydrogens (tertiary/aromatic N) is 1. The first kappa shape index (κ1) is 9.68. The van der Waals surface area contributed by atoms with Crippen molar-refractivity contribution >= 4 is 15.9 Å². The van der Waals surface area contributed by atoms with E-state index in [4.69, 9.17) is 4.74 Å². The molecule has 0 atom stereocenters. The van der Waals surface area contributed by atoms with Gasteiger partial charge in [0.05, 0.1) is 12.3 Å². The maximum Gasteiger partial charge on any atom is 0.0517 e. The van der Waals surface area contributed by atoms with E-state index >= 15 is 0 Å². The first-order chi connectivity index (χ1) is 5.74. The van der Waals surface area contributed by atoms with Crippen LogP contribution in [0.2, 0.25) is 0 Å². The van der Waals surface area contributed by atoms with E-state index in [2.05, 4.69) is 20.9 Å². The van der Waals surface area contributed by atoms with Gasteiger partial charge in [0.1, 0.15) is 0 Å². The molecule has 12 heavy (non-hydrogen) atoms. The second-order valence-corrected chi connectivity index (χ2v) is 3.47. The van der Waals surface area contributed by atoms with Gasteiger partial charge in [-0.3, -0.25) is 4.98 Å². The lowest BCUT2D eigenvalue weighted by Crippen LogP contribution is -1.98. The van der Waals surface area contributed by atoms with Gasteiger partial charge in [-0.05, 0) is 35.0 Å². The van der Waals surface area contributed by atoms with Gasteiger partial charge in [0.25, 0.3) is 0 Å². The Morgan fingerprint density at radius 1 is 1.50 bits per heavy atom. The molecule has 0 aliphatic rings. The Morgan fingerprint density at radius 2 is 2.25 bits per heavy atom. The summed E-state index contributed by atoms with van der Waals surface area (Å²) in [6, 6.07) is 4.03. The largest absolute Gasteiger partial charge is 0.384 e. The molecule has 1 aromatic rings. The molecule has 0 radical (unpaired) electrons. The third-order valence-corrected chi connectivity index (χ3v) is 2.48. The summed E-state index contributed by atoms with van der Waals surface area (Å²) in [4.78, 5) is 4.38. The third kappa shape index (κ3) is 2.57. The minimum atomic E-state index is 0.730. The molecule has 1 aromatic heterocycles. The fourth-order valence-electron chi connectivity index (χ4n) is 0.942. The molecule has 1 heterocycles. The fourth-order valence-corrected chi connectivity index (χ4v) is 1.16. The van der Waals surface area contributed by atoms with Crippen LogP contribution in [0.15, 0.2) is 16.6 Å². The van der Waals surface area contributed by atoms with Crippen molar-refractivity contribution in [1.29, 1.82) is 0 Å². The minimum Gasteiger partial charge on any atom is -0.384 e. The molecular weight excluding hydrogens is 218 g/mol. The van der Waals surface area contributed by atoms with Crippen LogP contribution in [-0.2, 0) is 11.2 Å². The number of hydrogen-bond acceptors (Lipinski definition) is 2. The summed E-state index contributed by atoms with van der Waals surface area (Å²) in [6.45, 7) is 2.72. The topological polar surface area (TPSA) is 22.1 Å². The van der Waals surface area contributed by atoms with Crippen LogP contribution in [0.25, 0.3) is 0 Å². The fraction of sp³-hybridized carbons (Fsp3) is 0.444. The number of aromatic nitrogens is 1. The maximum absolute atomic E-state index is 4.96. The van der Waals surface area contributed by atoms with Crippen LogP contribution in [0, 0.1) is 6.92 Å². The van der Waals surface area contributed by atoms with E-state index in [9.17, 15) is 0 Å². The lowest BCUT2D eigenvalue weighted by molar-refractivity contribution is 0.201. The van der Waals surface area contributed by atoms with E-state index in [-0.39, 0.29) is 0 Å². The van der Waals surface area contributed by atoms with Gasteiger partial charge in [-0.25, -0.2) is 0 Å². The third-order valence-electron chi connectivity index (χ3n) is 1.64. The number of hydrogen-bond donors (Lipinski definition) is 0. The van der Waals surface area contributed by atoms with Crippen LogP contribution in [-0.4, -0.2) is 18.7 Å². The van der Waals surface area contributed by atoms with Crippen molar-refractivity contribution < 1.29 is 4.74 Å². The lowest BCUT2D eigenvalue weighted by atomic mass is 10.2. The first-order valence-electron chi connectivity index (χ1n) is 3.85. The highest BCUT2D eigenvalue weighted by Crippen LogP contribution is 2.13. The van der Waals surface area contributed by atoms with Crippen LogP contribution in [0.4, 0.5) is 0 Å². The molecule has 2 nitrogen and oxygen atoms in total. The Balaban J connectivity index is 2.69. The van der Waals surface area contributed by atoms with Gasteiger partial charge >= 0.3 is 0 Å². The molecule has 0 bridgehead atoms. The van der Waals surface area contributed by atoms with Gasteiger partial charge in [-0.2, -0.15) is 0 Å². The smallest absolute Gasteiger partial charge is 0.0517 e. The van der Waals surface area contributed by atoms with E-state index in [1.54, 1.807) is 7.11 Å². The van der Waals surface area contributed by atoms with Crippen molar-refractivity contribution in [1.82, 2.24) is 4.98 Å². The van der Waals surface area contributed by atoms with Gasteiger partial charge in [0.2, 0.25) is 0 Å². The number of halogens is 1. The quantitative estimate of drug-likeness (QED) is 0.795. The van der Waals surface area contributed by atoms with Crippen LogP contribution in [0.1, 0.15) is 11.4 Å². The molecule has 0 aliphatic heterocycles. The standard InChI is InChI=1S/C9H12BrNO/c1-7-9(10)4-3-8(11-7)5-6-12-2/h3-4H,5-6H2,1-2H3. The molecular formula is C9H12BrNO. The minimum absolute atomic E-state index is 0.730. The molecule has 0 spiro atoms. The molecule has 0 unspecified atom stereocenters. The van der Waals surface area contributed by atoms with Crippen LogP contribution >= 0.6 is 15.9 Å². The van der Waals surface area contributed by atoms with E-state index in [0.29, 0.717) is 0 Å². The van der Waals surface area contributed by atoms with Crippen molar-refractivity contribution in [3.63, 3.8) is 0 Å². The second kappa shape index (κ2) is 4.58. The molecule has 0 N–H and O–H groups in total. The van der Waals surface area contributed by atoms with Crippen LogP contribution < -0.4 is 0 Å². The monoisotopic (exact) mass is 229 g/mol. The molecule has 0 amide bonds. The summed E-state index contributed by atoms with van der Waals surface area (Å²) in [5.41, 5.74) is 2.11. The molecule has 0 saturated heterocycles. The van der Waals surface area contributed by atoms with E-state index < -0.39 is 0 Å². The van der Waals surface area contributed by atoms with Crippen molar-refractivity contribution in [2.24, 2.45) is 0 Å². The summed E-state index contributed by atoms with van der Waals surface area (Å²) in [6.07, 6.45) is 0.880. The maximum atomic E-state index is 4.96. The Kier molecular flexibility index (Phi) is 3.69. The number of rotatable bonds is 3. The van der Waals surface area contributed by atoms with Crippen molar-refractivity contribution in [3.8, 4) is 0 Å². The highest BCUT2D eigenvalue weighted by Gasteiger charge is 1.98. The van der Waals surface area contributed by atoms with E-state index in [1.165, 1.54) is 0 Å². The predicted molar refractivity (Wildman–Crippen MR) is 52.3 cm³/mol. The predicted octanol–water partition coefficient (Wildman–Crippen LogP) is 2.34. The Bertz CT molecular complexity index is 263. The summed E-state index contributed by atoms with van der Waals surface area (Å²) >= 11 is 3.40. The van der Waals surface area contributed by atoms with Gasteiger partial charge < -0.3 is 4.74 Å². The molecule has 0 saturated carbocycles. The van der Waals surface area contributed by atoms with Gasteiger partial charge in [0, 0.05) is 23.7 Å². The lowest BCUT2D eigenvalue weighted by Gasteiger charge is -2.02. The van der Waals surface area contributed by atoms with Crippen molar-refractivity contribution in [2.45, 2.75) is 13.3 Å². The summed E-state index contributed by atoms with van der Waals surface area (Å²) in [5.74, 6) is 0. The zero-order valence-corrected chi connectivity index (χ0v) is 8.89. The molecule has 0 fully saturated rings. The molecule has 66 valence electrons. The summed E-state index contributed by atoms with van der Waals surface area (Å²) in [5, 5.41) is 0. The average Bonchev–Trinajstić information content (AvgIpc) is 2.07. The molecule has 3 heteroatoms. The number of ether oxygens (including phenoxy) is 1. The zero-order valence-electron chi connectivity index (χ0n) is 7.30. The van der Waals surface area contributed by atoms with E-state index in [1.807, 2.05) is 19.1 Å². The highest BCUT2D eigenvalue weighted by molar-refractivity contribution is 9.10. The van der Waals surface area contributed by atoms with Crippen molar-refractivity contribution in [2.75, 3.05) is 13.7 Å². The normalized spacial score (nSPS) is 10.2. The van der Waals surface area contributed by atoms with Gasteiger partial charge in [-0.15, -0.1) is 0 Å². The molecule has 0 aliphatic carbocycles. The van der Waals surface area contributed by atoms with Crippen molar-refractivity contribution in [3.05, 3.63) is 28.0 Å². The van der Waals surface area contributed by atoms with Gasteiger partial charge in [0.15, 0.2) is 0 Å². The first-order valence-corrected chi connectivity index (χ1v) is 4.64. The summed E-state index contributed by atoms with van der Waals surface area (Å²) < 4.78 is 6.02. The van der Waals surface area contributed by atoms with Crippen LogP contribution in [0.3, 0.4) is 0 Å². The van der Waals surface area contributed by atoms with Crippen LogP contribution in [0.5, 0.6) is 0 Å². The number of pyridine rings is 1. The SMILES string of the molecule is COCCc1ccc(Br)c(C)n1. The second-order valence-electron chi connectivity index (χ2n) is 2.61. The Morgan fingerprint density at radius 3 is 2.83 bits per heavy atom. The highest BCUT2D eigenvalue weighted by atomic mass is 79.9. The zero-order chi connectivity index (χ0) is 8.97.